The molecule has 0 saturated carbocycles. The number of nitrogens with two attached hydrogens (primary N) is 1. The Morgan fingerprint density at radius 3 is 2.95 bits per heavy atom. The fourth-order valence-electron chi connectivity index (χ4n) is 1.58. The number of nitriles is 1. The maximum absolute atomic E-state index is 12.0. The molecule has 0 unspecified atom stereocenters. The van der Waals surface area contributed by atoms with Crippen molar-refractivity contribution in [1.82, 2.24) is 4.98 Å². The Balaban J connectivity index is 2.13. The van der Waals surface area contributed by atoms with Crippen molar-refractivity contribution in [3.05, 3.63) is 57.8 Å². The first-order chi connectivity index (χ1) is 9.63. The molecule has 1 heterocycles. The van der Waals surface area contributed by atoms with Crippen LogP contribution < -0.4 is 5.73 Å². The number of rotatable bonds is 3. The highest BCUT2D eigenvalue weighted by Crippen LogP contribution is 2.24. The summed E-state index contributed by atoms with van der Waals surface area (Å²) in [5.74, 6) is -0.517. The van der Waals surface area contributed by atoms with E-state index in [-0.39, 0.29) is 12.3 Å². The molecule has 0 aliphatic heterocycles. The molecule has 0 atom stereocenters. The first kappa shape index (κ1) is 14.0. The van der Waals surface area contributed by atoms with E-state index in [0.717, 1.165) is 0 Å². The second kappa shape index (κ2) is 6.17. The summed E-state index contributed by atoms with van der Waals surface area (Å²) >= 11 is 3.24. The van der Waals surface area contributed by atoms with Crippen molar-refractivity contribution in [1.29, 1.82) is 5.26 Å². The van der Waals surface area contributed by atoms with Gasteiger partial charge in [-0.15, -0.1) is 0 Å². The van der Waals surface area contributed by atoms with Gasteiger partial charge in [0.25, 0.3) is 0 Å². The Morgan fingerprint density at radius 1 is 1.40 bits per heavy atom. The van der Waals surface area contributed by atoms with E-state index in [9.17, 15) is 4.79 Å². The molecule has 0 saturated heterocycles. The standard InChI is InChI=1S/C14H10BrN3O2/c15-13-10(4-1-5-11(13)17)14(19)20-8-9-3-2-6-18-12(9)7-16/h1-6H,8,17H2. The number of carbonyl (C=O) groups excluding carboxylic acids is 1. The van der Waals surface area contributed by atoms with E-state index in [4.69, 9.17) is 15.7 Å². The topological polar surface area (TPSA) is 89.0 Å². The average molecular weight is 332 g/mol. The Hall–Kier alpha value is -2.39. The highest BCUT2D eigenvalue weighted by atomic mass is 79.9. The minimum Gasteiger partial charge on any atom is -0.457 e. The van der Waals surface area contributed by atoms with Gasteiger partial charge in [-0.1, -0.05) is 12.1 Å². The van der Waals surface area contributed by atoms with Gasteiger partial charge >= 0.3 is 5.97 Å². The monoisotopic (exact) mass is 331 g/mol. The fraction of sp³-hybridized carbons (Fsp3) is 0.0714. The molecular weight excluding hydrogens is 322 g/mol. The van der Waals surface area contributed by atoms with Gasteiger partial charge in [0, 0.05) is 17.4 Å². The minimum absolute atomic E-state index is 0.0171. The molecule has 5 nitrogen and oxygen atoms in total. The number of nitrogen functional groups attached to an aromatic ring is 1. The molecule has 1 aromatic carbocycles. The molecular formula is C14H10BrN3O2. The Labute approximate surface area is 124 Å². The summed E-state index contributed by atoms with van der Waals surface area (Å²) in [5.41, 5.74) is 7.30. The van der Waals surface area contributed by atoms with Gasteiger partial charge in [0.2, 0.25) is 0 Å². The van der Waals surface area contributed by atoms with Crippen LogP contribution >= 0.6 is 15.9 Å². The summed E-state index contributed by atoms with van der Waals surface area (Å²) in [6, 6.07) is 10.3. The van der Waals surface area contributed by atoms with Crippen molar-refractivity contribution in [2.24, 2.45) is 0 Å². The lowest BCUT2D eigenvalue weighted by Crippen LogP contribution is -2.08. The number of pyridine rings is 1. The predicted octanol–water partition coefficient (Wildman–Crippen LogP) is 2.65. The van der Waals surface area contributed by atoms with Crippen LogP contribution in [0.2, 0.25) is 0 Å². The molecule has 2 aromatic rings. The second-order valence-corrected chi connectivity index (χ2v) is 4.70. The maximum Gasteiger partial charge on any atom is 0.339 e. The molecule has 2 N–H and O–H groups in total. The van der Waals surface area contributed by atoms with Crippen molar-refractivity contribution < 1.29 is 9.53 Å². The number of aromatic nitrogens is 1. The van der Waals surface area contributed by atoms with Crippen LogP contribution in [0.15, 0.2) is 41.0 Å². The normalized spacial score (nSPS) is 9.80. The van der Waals surface area contributed by atoms with Crippen molar-refractivity contribution in [3.8, 4) is 6.07 Å². The zero-order valence-corrected chi connectivity index (χ0v) is 11.9. The Bertz CT molecular complexity index is 695. The molecule has 0 fully saturated rings. The predicted molar refractivity (Wildman–Crippen MR) is 76.6 cm³/mol. The quantitative estimate of drug-likeness (QED) is 0.689. The number of carbonyl (C=O) groups is 1. The summed E-state index contributed by atoms with van der Waals surface area (Å²) in [4.78, 5) is 15.9. The van der Waals surface area contributed by atoms with Crippen LogP contribution in [0, 0.1) is 11.3 Å². The minimum atomic E-state index is -0.517. The van der Waals surface area contributed by atoms with E-state index in [0.29, 0.717) is 21.3 Å². The number of hydrogen-bond acceptors (Lipinski definition) is 5. The molecule has 0 aliphatic carbocycles. The third-order valence-corrected chi connectivity index (χ3v) is 3.49. The number of nitrogens with zero attached hydrogens (tertiary/aromatic N) is 2. The summed E-state index contributed by atoms with van der Waals surface area (Å²) in [6.45, 7) is -0.0171. The summed E-state index contributed by atoms with van der Waals surface area (Å²) in [7, 11) is 0. The molecule has 6 heteroatoms. The molecule has 2 rings (SSSR count). The van der Waals surface area contributed by atoms with E-state index in [1.165, 1.54) is 6.20 Å². The molecule has 20 heavy (non-hydrogen) atoms. The number of esters is 1. The Morgan fingerprint density at radius 2 is 2.20 bits per heavy atom. The lowest BCUT2D eigenvalue weighted by molar-refractivity contribution is 0.0471. The van der Waals surface area contributed by atoms with Gasteiger partial charge in [0.05, 0.1) is 10.0 Å². The lowest BCUT2D eigenvalue weighted by atomic mass is 10.2. The molecule has 0 aliphatic rings. The number of benzene rings is 1. The first-order valence-corrected chi connectivity index (χ1v) is 6.48. The summed E-state index contributed by atoms with van der Waals surface area (Å²) < 4.78 is 5.67. The average Bonchev–Trinajstić information content (AvgIpc) is 2.48. The van der Waals surface area contributed by atoms with E-state index < -0.39 is 5.97 Å². The van der Waals surface area contributed by atoms with E-state index in [1.807, 2.05) is 6.07 Å². The third kappa shape index (κ3) is 2.95. The highest BCUT2D eigenvalue weighted by molar-refractivity contribution is 9.10. The summed E-state index contributed by atoms with van der Waals surface area (Å²) in [6.07, 6.45) is 1.51. The fourth-order valence-corrected chi connectivity index (χ4v) is 2.01. The third-order valence-electron chi connectivity index (χ3n) is 2.60. The van der Waals surface area contributed by atoms with Crippen molar-refractivity contribution >= 4 is 27.6 Å². The zero-order valence-electron chi connectivity index (χ0n) is 10.3. The number of halogens is 1. The van der Waals surface area contributed by atoms with E-state index in [2.05, 4.69) is 20.9 Å². The largest absolute Gasteiger partial charge is 0.457 e. The SMILES string of the molecule is N#Cc1ncccc1COC(=O)c1cccc(N)c1Br. The van der Waals surface area contributed by atoms with Gasteiger partial charge in [-0.05, 0) is 34.1 Å². The van der Waals surface area contributed by atoms with Gasteiger partial charge in [0.1, 0.15) is 18.4 Å². The number of hydrogen-bond donors (Lipinski definition) is 1. The van der Waals surface area contributed by atoms with Crippen LogP contribution in [-0.4, -0.2) is 11.0 Å². The van der Waals surface area contributed by atoms with E-state index in [1.54, 1.807) is 30.3 Å². The van der Waals surface area contributed by atoms with Crippen LogP contribution in [0.25, 0.3) is 0 Å². The summed E-state index contributed by atoms with van der Waals surface area (Å²) in [5, 5.41) is 8.90. The molecule has 100 valence electrons. The van der Waals surface area contributed by atoms with Crippen molar-refractivity contribution in [3.63, 3.8) is 0 Å². The Kier molecular flexibility index (Phi) is 4.33. The number of ether oxygens (including phenoxy) is 1. The highest BCUT2D eigenvalue weighted by Gasteiger charge is 2.14. The zero-order chi connectivity index (χ0) is 14.5. The van der Waals surface area contributed by atoms with Crippen molar-refractivity contribution in [2.45, 2.75) is 6.61 Å². The first-order valence-electron chi connectivity index (χ1n) is 5.68. The molecule has 0 bridgehead atoms. The van der Waals surface area contributed by atoms with Gasteiger partial charge in [-0.3, -0.25) is 0 Å². The van der Waals surface area contributed by atoms with E-state index >= 15 is 0 Å². The van der Waals surface area contributed by atoms with Gasteiger partial charge in [-0.2, -0.15) is 5.26 Å². The molecule has 1 aromatic heterocycles. The molecule has 0 radical (unpaired) electrons. The van der Waals surface area contributed by atoms with Gasteiger partial charge in [0.15, 0.2) is 0 Å². The van der Waals surface area contributed by atoms with Crippen molar-refractivity contribution in [2.75, 3.05) is 5.73 Å². The van der Waals surface area contributed by atoms with Gasteiger partial charge < -0.3 is 10.5 Å². The second-order valence-electron chi connectivity index (χ2n) is 3.91. The maximum atomic E-state index is 12.0. The van der Waals surface area contributed by atoms with Crippen LogP contribution in [0.1, 0.15) is 21.6 Å². The van der Waals surface area contributed by atoms with Gasteiger partial charge in [-0.25, -0.2) is 9.78 Å². The molecule has 0 amide bonds. The smallest absolute Gasteiger partial charge is 0.339 e. The van der Waals surface area contributed by atoms with Crippen LogP contribution in [-0.2, 0) is 11.3 Å². The molecule has 0 spiro atoms. The van der Waals surface area contributed by atoms with Crippen LogP contribution in [0.4, 0.5) is 5.69 Å². The lowest BCUT2D eigenvalue weighted by Gasteiger charge is -2.08. The number of anilines is 1. The van der Waals surface area contributed by atoms with Crippen LogP contribution in [0.3, 0.4) is 0 Å². The van der Waals surface area contributed by atoms with Crippen LogP contribution in [0.5, 0.6) is 0 Å².